The zero-order valence-electron chi connectivity index (χ0n) is 7.70. The van der Waals surface area contributed by atoms with Gasteiger partial charge >= 0.3 is 0 Å². The van der Waals surface area contributed by atoms with Crippen LogP contribution < -0.4 is 0 Å². The summed E-state index contributed by atoms with van der Waals surface area (Å²) in [5.74, 6) is 0. The molecule has 0 N–H and O–H groups in total. The second-order valence-corrected chi connectivity index (χ2v) is 3.53. The molecule has 0 saturated carbocycles. The summed E-state index contributed by atoms with van der Waals surface area (Å²) in [6, 6.07) is 7.83. The van der Waals surface area contributed by atoms with Crippen LogP contribution in [0.2, 0.25) is 5.02 Å². The SMILES string of the molecule is Clc1ccc(C2=[C+]CC=CC=C2)cc1. The average molecular weight is 202 g/mol. The predicted octanol–water partition coefficient (Wildman–Crippen LogP) is 4.04. The van der Waals surface area contributed by atoms with Crippen molar-refractivity contribution in [2.45, 2.75) is 6.42 Å². The Balaban J connectivity index is 2.31. The molecule has 1 aliphatic carbocycles. The lowest BCUT2D eigenvalue weighted by molar-refractivity contribution is 1.35. The van der Waals surface area contributed by atoms with Crippen molar-refractivity contribution >= 4 is 17.2 Å². The zero-order chi connectivity index (χ0) is 9.80. The zero-order valence-corrected chi connectivity index (χ0v) is 8.46. The second-order valence-electron chi connectivity index (χ2n) is 3.09. The van der Waals surface area contributed by atoms with Gasteiger partial charge in [0.1, 0.15) is 0 Å². The van der Waals surface area contributed by atoms with Crippen LogP contribution in [0.25, 0.3) is 5.57 Å². The van der Waals surface area contributed by atoms with E-state index in [1.54, 1.807) is 0 Å². The first-order valence-electron chi connectivity index (χ1n) is 4.56. The number of allylic oxidation sites excluding steroid dienone is 6. The van der Waals surface area contributed by atoms with E-state index in [0.717, 1.165) is 22.6 Å². The van der Waals surface area contributed by atoms with Crippen molar-refractivity contribution in [1.29, 1.82) is 0 Å². The molecule has 2 rings (SSSR count). The fourth-order valence-corrected chi connectivity index (χ4v) is 1.48. The highest BCUT2D eigenvalue weighted by molar-refractivity contribution is 6.30. The summed E-state index contributed by atoms with van der Waals surface area (Å²) in [6.45, 7) is 0. The molecule has 1 aromatic carbocycles. The molecule has 0 heterocycles. The smallest absolute Gasteiger partial charge is 0.0843 e. The molecule has 0 unspecified atom stereocenters. The molecule has 0 aromatic heterocycles. The van der Waals surface area contributed by atoms with Crippen LogP contribution in [-0.4, -0.2) is 0 Å². The van der Waals surface area contributed by atoms with Gasteiger partial charge in [-0.25, -0.2) is 0 Å². The molecule has 68 valence electrons. The molecule has 1 heteroatoms. The van der Waals surface area contributed by atoms with Gasteiger partial charge in [-0.3, -0.25) is 0 Å². The fraction of sp³-hybridized carbons (Fsp3) is 0.0769. The van der Waals surface area contributed by atoms with E-state index in [0.29, 0.717) is 0 Å². The van der Waals surface area contributed by atoms with E-state index in [-0.39, 0.29) is 0 Å². The third-order valence-electron chi connectivity index (χ3n) is 2.08. The third-order valence-corrected chi connectivity index (χ3v) is 2.33. The van der Waals surface area contributed by atoms with Gasteiger partial charge in [-0.05, 0) is 18.2 Å². The largest absolute Gasteiger partial charge is 0.191 e. The minimum atomic E-state index is 0.769. The summed E-state index contributed by atoms with van der Waals surface area (Å²) < 4.78 is 0. The molecule has 0 amide bonds. The minimum Gasteiger partial charge on any atom is -0.0843 e. The number of rotatable bonds is 1. The van der Waals surface area contributed by atoms with E-state index in [9.17, 15) is 0 Å². The first-order chi connectivity index (χ1) is 6.86. The molecule has 14 heavy (non-hydrogen) atoms. The van der Waals surface area contributed by atoms with Crippen molar-refractivity contribution in [2.75, 3.05) is 0 Å². The fourth-order valence-electron chi connectivity index (χ4n) is 1.35. The molecule has 0 fully saturated rings. The van der Waals surface area contributed by atoms with Gasteiger partial charge in [-0.15, -0.1) is 0 Å². The second kappa shape index (κ2) is 4.23. The summed E-state index contributed by atoms with van der Waals surface area (Å²) in [5.41, 5.74) is 2.29. The summed E-state index contributed by atoms with van der Waals surface area (Å²) in [7, 11) is 0. The Bertz CT molecular complexity index is 394. The van der Waals surface area contributed by atoms with Crippen LogP contribution in [0, 0.1) is 6.08 Å². The Kier molecular flexibility index (Phi) is 2.78. The quantitative estimate of drug-likeness (QED) is 0.602. The predicted molar refractivity (Wildman–Crippen MR) is 61.0 cm³/mol. The maximum absolute atomic E-state index is 5.82. The van der Waals surface area contributed by atoms with E-state index in [4.69, 9.17) is 11.6 Å². The Morgan fingerprint density at radius 1 is 1.07 bits per heavy atom. The Hall–Kier alpha value is -1.36. The van der Waals surface area contributed by atoms with Gasteiger partial charge in [-0.1, -0.05) is 23.8 Å². The van der Waals surface area contributed by atoms with Crippen LogP contribution >= 0.6 is 11.6 Å². The molecule has 0 bridgehead atoms. The van der Waals surface area contributed by atoms with E-state index >= 15 is 0 Å². The Morgan fingerprint density at radius 3 is 2.64 bits per heavy atom. The third kappa shape index (κ3) is 2.11. The van der Waals surface area contributed by atoms with Gasteiger partial charge in [0.15, 0.2) is 5.57 Å². The van der Waals surface area contributed by atoms with E-state index < -0.39 is 0 Å². The molecule has 0 radical (unpaired) electrons. The number of halogens is 1. The first kappa shape index (κ1) is 9.21. The summed E-state index contributed by atoms with van der Waals surface area (Å²) in [4.78, 5) is 0. The van der Waals surface area contributed by atoms with E-state index in [2.05, 4.69) is 18.2 Å². The van der Waals surface area contributed by atoms with Gasteiger partial charge in [0, 0.05) is 23.2 Å². The lowest BCUT2D eigenvalue weighted by atomic mass is 10.1. The monoisotopic (exact) mass is 201 g/mol. The van der Waals surface area contributed by atoms with Crippen molar-refractivity contribution in [1.82, 2.24) is 0 Å². The molecule has 0 nitrogen and oxygen atoms in total. The van der Waals surface area contributed by atoms with E-state index in [1.165, 1.54) is 0 Å². The van der Waals surface area contributed by atoms with Gasteiger partial charge in [0.05, 0.1) is 18.1 Å². The van der Waals surface area contributed by atoms with Crippen molar-refractivity contribution in [3.8, 4) is 0 Å². The molecule has 1 aliphatic rings. The first-order valence-corrected chi connectivity index (χ1v) is 4.94. The summed E-state index contributed by atoms with van der Waals surface area (Å²) >= 11 is 5.82. The number of hydrogen-bond acceptors (Lipinski definition) is 0. The highest BCUT2D eigenvalue weighted by Crippen LogP contribution is 2.20. The minimum absolute atomic E-state index is 0.769. The molecular formula is C13H10Cl+. The standard InChI is InChI=1S/C13H10Cl/c14-13-9-7-12(8-10-13)11-5-3-1-2-4-6-11/h1-3,5,7-10H,4H2/q+1. The van der Waals surface area contributed by atoms with Gasteiger partial charge < -0.3 is 0 Å². The normalized spacial score (nSPS) is 14.5. The summed E-state index contributed by atoms with van der Waals surface area (Å²) in [6.07, 6.45) is 12.4. The van der Waals surface area contributed by atoms with Crippen LogP contribution in [0.4, 0.5) is 0 Å². The van der Waals surface area contributed by atoms with Crippen LogP contribution in [0.3, 0.4) is 0 Å². The summed E-state index contributed by atoms with van der Waals surface area (Å²) in [5, 5.41) is 0.769. The number of benzene rings is 1. The lowest BCUT2D eigenvalue weighted by Gasteiger charge is -1.91. The van der Waals surface area contributed by atoms with E-state index in [1.807, 2.05) is 36.4 Å². The van der Waals surface area contributed by atoms with Crippen LogP contribution in [0.1, 0.15) is 12.0 Å². The number of hydrogen-bond donors (Lipinski definition) is 0. The molecule has 0 saturated heterocycles. The van der Waals surface area contributed by atoms with Crippen molar-refractivity contribution in [3.63, 3.8) is 0 Å². The van der Waals surface area contributed by atoms with Gasteiger partial charge in [0.2, 0.25) is 0 Å². The molecule has 0 atom stereocenters. The lowest BCUT2D eigenvalue weighted by Crippen LogP contribution is -1.80. The van der Waals surface area contributed by atoms with Crippen LogP contribution in [0.15, 0.2) is 48.6 Å². The van der Waals surface area contributed by atoms with Gasteiger partial charge in [0.25, 0.3) is 0 Å². The van der Waals surface area contributed by atoms with Gasteiger partial charge in [-0.2, -0.15) is 0 Å². The topological polar surface area (TPSA) is 0 Å². The Morgan fingerprint density at radius 2 is 1.86 bits per heavy atom. The maximum atomic E-state index is 5.82. The van der Waals surface area contributed by atoms with Crippen molar-refractivity contribution < 1.29 is 0 Å². The molecule has 0 aliphatic heterocycles. The Labute approximate surface area is 89.2 Å². The average Bonchev–Trinajstić information content (AvgIpc) is 2.47. The molecule has 1 aromatic rings. The molecular weight excluding hydrogens is 192 g/mol. The highest BCUT2D eigenvalue weighted by atomic mass is 35.5. The van der Waals surface area contributed by atoms with Crippen LogP contribution in [0.5, 0.6) is 0 Å². The highest BCUT2D eigenvalue weighted by Gasteiger charge is 2.08. The molecule has 0 spiro atoms. The van der Waals surface area contributed by atoms with Crippen molar-refractivity contribution in [3.05, 3.63) is 65.2 Å². The van der Waals surface area contributed by atoms with Crippen molar-refractivity contribution in [2.24, 2.45) is 0 Å². The maximum Gasteiger partial charge on any atom is 0.191 e. The van der Waals surface area contributed by atoms with Crippen LogP contribution in [-0.2, 0) is 0 Å².